The first-order chi connectivity index (χ1) is 18.2. The van der Waals surface area contributed by atoms with Crippen LogP contribution in [0.25, 0.3) is 50.5 Å². The van der Waals surface area contributed by atoms with E-state index in [-0.39, 0.29) is 11.3 Å². The molecule has 11 heteroatoms. The number of fused-ring (bicyclic) bond motifs is 2. The van der Waals surface area contributed by atoms with Gasteiger partial charge < -0.3 is 10.3 Å². The molecule has 1 amide bonds. The summed E-state index contributed by atoms with van der Waals surface area (Å²) in [6, 6.07) is 5.69. The van der Waals surface area contributed by atoms with E-state index in [4.69, 9.17) is 4.98 Å². The summed E-state index contributed by atoms with van der Waals surface area (Å²) in [7, 11) is 0. The van der Waals surface area contributed by atoms with Gasteiger partial charge in [-0.05, 0) is 30.5 Å². The molecular formula is C27H26N10O. The molecule has 38 heavy (non-hydrogen) atoms. The number of carbonyl (C=O) groups excluding carboxylic acids is 1. The topological polar surface area (TPSA) is 143 Å². The summed E-state index contributed by atoms with van der Waals surface area (Å²) >= 11 is 0. The van der Waals surface area contributed by atoms with Crippen LogP contribution in [0.2, 0.25) is 0 Å². The van der Waals surface area contributed by atoms with Crippen LogP contribution >= 0.6 is 0 Å². The minimum Gasteiger partial charge on any atom is -0.336 e. The molecule has 3 N–H and O–H groups in total. The number of hydrogen-bond donors (Lipinski definition) is 3. The van der Waals surface area contributed by atoms with Crippen molar-refractivity contribution in [3.05, 3.63) is 61.2 Å². The first-order valence-corrected chi connectivity index (χ1v) is 12.2. The fourth-order valence-corrected chi connectivity index (χ4v) is 4.35. The molecule has 0 aliphatic heterocycles. The zero-order chi connectivity index (χ0) is 26.4. The normalized spacial score (nSPS) is 11.9. The van der Waals surface area contributed by atoms with Crippen LogP contribution in [0.1, 0.15) is 32.9 Å². The molecule has 0 spiro atoms. The van der Waals surface area contributed by atoms with E-state index in [2.05, 4.69) is 40.4 Å². The van der Waals surface area contributed by atoms with Gasteiger partial charge in [-0.25, -0.2) is 15.0 Å². The third-order valence-electron chi connectivity index (χ3n) is 6.02. The Morgan fingerprint density at radius 1 is 1.08 bits per heavy atom. The Balaban J connectivity index is 1.36. The fourth-order valence-electron chi connectivity index (χ4n) is 4.35. The lowest BCUT2D eigenvalue weighted by molar-refractivity contribution is -0.117. The van der Waals surface area contributed by atoms with Gasteiger partial charge in [-0.15, -0.1) is 0 Å². The van der Waals surface area contributed by atoms with Crippen molar-refractivity contribution in [1.82, 2.24) is 44.7 Å². The second-order valence-corrected chi connectivity index (χ2v) is 10.5. The number of imidazole rings is 2. The molecule has 0 bridgehead atoms. The van der Waals surface area contributed by atoms with E-state index >= 15 is 0 Å². The van der Waals surface area contributed by atoms with Crippen LogP contribution in [0.3, 0.4) is 0 Å². The van der Waals surface area contributed by atoms with Crippen molar-refractivity contribution in [2.45, 2.75) is 34.1 Å². The van der Waals surface area contributed by atoms with Gasteiger partial charge in [0.15, 0.2) is 11.6 Å². The van der Waals surface area contributed by atoms with Crippen molar-refractivity contribution >= 4 is 33.5 Å². The molecule has 0 saturated heterocycles. The monoisotopic (exact) mass is 506 g/mol. The van der Waals surface area contributed by atoms with E-state index in [0.717, 1.165) is 27.7 Å². The number of H-pyrrole nitrogens is 2. The average molecular weight is 507 g/mol. The van der Waals surface area contributed by atoms with Crippen LogP contribution < -0.4 is 5.32 Å². The Hall–Kier alpha value is -4.93. The highest BCUT2D eigenvalue weighted by molar-refractivity contribution is 5.96. The van der Waals surface area contributed by atoms with Gasteiger partial charge in [-0.3, -0.25) is 24.4 Å². The maximum atomic E-state index is 12.4. The standard InChI is InChI=1S/C27H26N10O/c1-15-13-37(14-31-15)26-24-19(5-6-29-26)33-25(34-24)23-18-8-20(30-12-21(18)35-36-23)16-7-17(11-28-10-16)32-22(38)9-27(2,3)4/h5-8,10-14H,9H2,1-4H3,(H,32,38)(H,33,34)(H,35,36). The molecule has 0 atom stereocenters. The third kappa shape index (κ3) is 4.49. The molecule has 0 fully saturated rings. The second kappa shape index (κ2) is 8.87. The molecule has 0 aliphatic carbocycles. The lowest BCUT2D eigenvalue weighted by Gasteiger charge is -2.17. The van der Waals surface area contributed by atoms with Crippen molar-refractivity contribution in [2.24, 2.45) is 5.41 Å². The molecule has 6 aromatic heterocycles. The maximum absolute atomic E-state index is 12.4. The van der Waals surface area contributed by atoms with Gasteiger partial charge in [0, 0.05) is 36.0 Å². The van der Waals surface area contributed by atoms with Gasteiger partial charge in [0.2, 0.25) is 5.91 Å². The summed E-state index contributed by atoms with van der Waals surface area (Å²) in [4.78, 5) is 38.4. The van der Waals surface area contributed by atoms with Crippen molar-refractivity contribution < 1.29 is 4.79 Å². The quantitative estimate of drug-likeness (QED) is 0.304. The SMILES string of the molecule is Cc1cn(-c2nccc3[nH]c(-c4n[nH]c5cnc(-c6cncc(NC(=O)CC(C)(C)C)c6)cc45)nc23)cn1. The highest BCUT2D eigenvalue weighted by Crippen LogP contribution is 2.30. The van der Waals surface area contributed by atoms with Gasteiger partial charge in [0.1, 0.15) is 17.5 Å². The van der Waals surface area contributed by atoms with Crippen molar-refractivity contribution in [2.75, 3.05) is 5.32 Å². The van der Waals surface area contributed by atoms with Crippen molar-refractivity contribution in [1.29, 1.82) is 0 Å². The lowest BCUT2D eigenvalue weighted by atomic mass is 9.92. The second-order valence-electron chi connectivity index (χ2n) is 10.5. The number of hydrogen-bond acceptors (Lipinski definition) is 7. The highest BCUT2D eigenvalue weighted by atomic mass is 16.1. The summed E-state index contributed by atoms with van der Waals surface area (Å²) in [5.41, 5.74) is 5.88. The number of carbonyl (C=O) groups is 1. The van der Waals surface area contributed by atoms with E-state index in [9.17, 15) is 4.79 Å². The molecule has 6 aromatic rings. The largest absolute Gasteiger partial charge is 0.336 e. The van der Waals surface area contributed by atoms with Crippen LogP contribution in [-0.4, -0.2) is 50.6 Å². The Bertz CT molecular complexity index is 1800. The Kier molecular flexibility index (Phi) is 5.48. The summed E-state index contributed by atoms with van der Waals surface area (Å²) in [5.74, 6) is 1.24. The first-order valence-electron chi connectivity index (χ1n) is 12.2. The predicted octanol–water partition coefficient (Wildman–Crippen LogP) is 4.83. The minimum absolute atomic E-state index is 0.0541. The number of aryl methyl sites for hydroxylation is 1. The van der Waals surface area contributed by atoms with Crippen LogP contribution in [0.15, 0.2) is 55.5 Å². The Labute approximate surface area is 217 Å². The number of nitrogens with zero attached hydrogens (tertiary/aromatic N) is 7. The van der Waals surface area contributed by atoms with Gasteiger partial charge in [-0.2, -0.15) is 5.10 Å². The molecule has 11 nitrogen and oxygen atoms in total. The van der Waals surface area contributed by atoms with Crippen LogP contribution in [0, 0.1) is 12.3 Å². The molecule has 0 aromatic carbocycles. The Morgan fingerprint density at radius 3 is 2.74 bits per heavy atom. The van der Waals surface area contributed by atoms with E-state index in [1.807, 2.05) is 56.7 Å². The number of pyridine rings is 3. The fraction of sp³-hybridized carbons (Fsp3) is 0.222. The van der Waals surface area contributed by atoms with Gasteiger partial charge in [0.25, 0.3) is 0 Å². The number of anilines is 1. The lowest BCUT2D eigenvalue weighted by Crippen LogP contribution is -2.19. The van der Waals surface area contributed by atoms with Crippen molar-refractivity contribution in [3.63, 3.8) is 0 Å². The van der Waals surface area contributed by atoms with Gasteiger partial charge in [0.05, 0.1) is 40.5 Å². The van der Waals surface area contributed by atoms with E-state index in [1.54, 1.807) is 31.1 Å². The summed E-state index contributed by atoms with van der Waals surface area (Å²) in [5, 5.41) is 11.4. The number of aromatic nitrogens is 9. The molecule has 0 saturated carbocycles. The number of rotatable bonds is 5. The smallest absolute Gasteiger partial charge is 0.224 e. The zero-order valence-corrected chi connectivity index (χ0v) is 21.4. The number of amides is 1. The maximum Gasteiger partial charge on any atom is 0.224 e. The average Bonchev–Trinajstić information content (AvgIpc) is 3.60. The molecule has 0 aliphatic rings. The molecule has 6 rings (SSSR count). The predicted molar refractivity (Wildman–Crippen MR) is 145 cm³/mol. The highest BCUT2D eigenvalue weighted by Gasteiger charge is 2.18. The summed E-state index contributed by atoms with van der Waals surface area (Å²) in [6.45, 7) is 8.02. The molecule has 6 heterocycles. The van der Waals surface area contributed by atoms with Gasteiger partial charge in [-0.1, -0.05) is 20.8 Å². The zero-order valence-electron chi connectivity index (χ0n) is 21.4. The van der Waals surface area contributed by atoms with E-state index in [1.165, 1.54) is 0 Å². The molecule has 190 valence electrons. The number of nitrogens with one attached hydrogen (secondary N) is 3. The Morgan fingerprint density at radius 2 is 1.95 bits per heavy atom. The third-order valence-corrected chi connectivity index (χ3v) is 6.02. The van der Waals surface area contributed by atoms with Crippen molar-refractivity contribution in [3.8, 4) is 28.6 Å². The molecule has 0 radical (unpaired) electrons. The van der Waals surface area contributed by atoms with Gasteiger partial charge >= 0.3 is 0 Å². The van der Waals surface area contributed by atoms with Crippen LogP contribution in [0.4, 0.5) is 5.69 Å². The number of aromatic amines is 2. The van der Waals surface area contributed by atoms with Crippen LogP contribution in [-0.2, 0) is 4.79 Å². The summed E-state index contributed by atoms with van der Waals surface area (Å²) in [6.07, 6.45) is 10.9. The summed E-state index contributed by atoms with van der Waals surface area (Å²) < 4.78 is 1.85. The molecular weight excluding hydrogens is 480 g/mol. The van der Waals surface area contributed by atoms with E-state index < -0.39 is 0 Å². The first kappa shape index (κ1) is 23.5. The van der Waals surface area contributed by atoms with Crippen LogP contribution in [0.5, 0.6) is 0 Å². The molecule has 0 unspecified atom stereocenters. The minimum atomic E-state index is -0.107. The van der Waals surface area contributed by atoms with E-state index in [0.29, 0.717) is 40.7 Å².